The molecule has 2 aromatic heterocycles. The number of nitrogens with zero attached hydrogens (tertiary/aromatic N) is 2. The van der Waals surface area contributed by atoms with E-state index >= 15 is 0 Å². The maximum absolute atomic E-state index is 11.9. The summed E-state index contributed by atoms with van der Waals surface area (Å²) >= 11 is 1.44. The van der Waals surface area contributed by atoms with Gasteiger partial charge in [0.05, 0.1) is 23.8 Å². The molecule has 4 rings (SSSR count). The van der Waals surface area contributed by atoms with E-state index < -0.39 is 0 Å². The molecule has 1 fully saturated rings. The molecule has 0 amide bonds. The van der Waals surface area contributed by atoms with Crippen molar-refractivity contribution in [2.24, 2.45) is 0 Å². The molecule has 0 atom stereocenters. The van der Waals surface area contributed by atoms with Crippen LogP contribution in [0.2, 0.25) is 0 Å². The summed E-state index contributed by atoms with van der Waals surface area (Å²) in [4.78, 5) is 20.7. The number of aryl methyl sites for hydroxylation is 1. The van der Waals surface area contributed by atoms with Crippen LogP contribution in [0.15, 0.2) is 0 Å². The Morgan fingerprint density at radius 1 is 1.22 bits per heavy atom. The van der Waals surface area contributed by atoms with Crippen LogP contribution >= 0.6 is 11.3 Å². The largest absolute Gasteiger partial charge is 0.397 e. The van der Waals surface area contributed by atoms with Gasteiger partial charge in [-0.2, -0.15) is 0 Å². The summed E-state index contributed by atoms with van der Waals surface area (Å²) < 4.78 is 5.48. The number of aromatic nitrogens is 1. The van der Waals surface area contributed by atoms with Gasteiger partial charge >= 0.3 is 0 Å². The number of Topliss-reactive ketones (excluding diaryl/α,β-unsaturated/α-hetero) is 1. The normalized spacial score (nSPS) is 18.2. The summed E-state index contributed by atoms with van der Waals surface area (Å²) in [6, 6.07) is 0. The minimum atomic E-state index is 0.0305. The Hall–Kier alpha value is -1.66. The predicted molar refractivity (Wildman–Crippen MR) is 93.7 cm³/mol. The summed E-state index contributed by atoms with van der Waals surface area (Å²) in [6.45, 7) is 4.84. The lowest BCUT2D eigenvalue weighted by Gasteiger charge is -2.31. The minimum Gasteiger partial charge on any atom is -0.397 e. The van der Waals surface area contributed by atoms with Gasteiger partial charge in [0.1, 0.15) is 10.6 Å². The minimum absolute atomic E-state index is 0.0305. The Bertz CT molecular complexity index is 778. The van der Waals surface area contributed by atoms with Crippen LogP contribution < -0.4 is 10.6 Å². The highest BCUT2D eigenvalue weighted by Crippen LogP contribution is 2.42. The van der Waals surface area contributed by atoms with E-state index in [1.54, 1.807) is 6.92 Å². The highest BCUT2D eigenvalue weighted by atomic mass is 32.1. The number of rotatable bonds is 2. The molecule has 0 aromatic carbocycles. The third-order valence-corrected chi connectivity index (χ3v) is 6.00. The molecule has 5 nitrogen and oxygen atoms in total. The van der Waals surface area contributed by atoms with Gasteiger partial charge in [-0.25, -0.2) is 4.98 Å². The molecule has 0 unspecified atom stereocenters. The SMILES string of the molecule is CC(=O)c1sc2nc(N3CCOCC3)c3c(c2c1N)CCCC3. The maximum Gasteiger partial charge on any atom is 0.171 e. The van der Waals surface area contributed by atoms with E-state index in [0.29, 0.717) is 10.6 Å². The average Bonchev–Trinajstić information content (AvgIpc) is 2.92. The van der Waals surface area contributed by atoms with Crippen LogP contribution in [0, 0.1) is 0 Å². The Balaban J connectivity index is 1.95. The fraction of sp³-hybridized carbons (Fsp3) is 0.529. The average molecular weight is 331 g/mol. The fourth-order valence-electron chi connectivity index (χ4n) is 3.69. The molecule has 3 heterocycles. The van der Waals surface area contributed by atoms with Crippen molar-refractivity contribution in [1.29, 1.82) is 0 Å². The zero-order valence-corrected chi connectivity index (χ0v) is 14.2. The van der Waals surface area contributed by atoms with E-state index in [2.05, 4.69) is 4.90 Å². The topological polar surface area (TPSA) is 68.5 Å². The lowest BCUT2D eigenvalue weighted by atomic mass is 9.89. The molecule has 23 heavy (non-hydrogen) atoms. The molecular weight excluding hydrogens is 310 g/mol. The molecular formula is C17H21N3O2S. The summed E-state index contributed by atoms with van der Waals surface area (Å²) in [5.74, 6) is 1.12. The Labute approximate surface area is 139 Å². The third kappa shape index (κ3) is 2.40. The van der Waals surface area contributed by atoms with Gasteiger partial charge in [0.15, 0.2) is 5.78 Å². The monoisotopic (exact) mass is 331 g/mol. The van der Waals surface area contributed by atoms with Crippen molar-refractivity contribution in [3.8, 4) is 0 Å². The van der Waals surface area contributed by atoms with Gasteiger partial charge in [0.25, 0.3) is 0 Å². The number of fused-ring (bicyclic) bond motifs is 3. The Morgan fingerprint density at radius 3 is 2.61 bits per heavy atom. The van der Waals surface area contributed by atoms with Crippen LogP contribution in [0.25, 0.3) is 10.2 Å². The quantitative estimate of drug-likeness (QED) is 0.857. The first-order valence-electron chi connectivity index (χ1n) is 8.24. The molecule has 1 saturated heterocycles. The maximum atomic E-state index is 11.9. The fourth-order valence-corrected chi connectivity index (χ4v) is 4.71. The van der Waals surface area contributed by atoms with E-state index in [-0.39, 0.29) is 5.78 Å². The van der Waals surface area contributed by atoms with E-state index in [0.717, 1.165) is 55.2 Å². The number of carbonyl (C=O) groups excluding carboxylic acids is 1. The summed E-state index contributed by atoms with van der Waals surface area (Å²) in [6.07, 6.45) is 4.46. The van der Waals surface area contributed by atoms with Crippen LogP contribution in [0.5, 0.6) is 0 Å². The molecule has 2 N–H and O–H groups in total. The van der Waals surface area contributed by atoms with E-state index in [1.807, 2.05) is 0 Å². The summed E-state index contributed by atoms with van der Waals surface area (Å²) in [5.41, 5.74) is 9.61. The second kappa shape index (κ2) is 5.76. The van der Waals surface area contributed by atoms with E-state index in [9.17, 15) is 4.79 Å². The second-order valence-corrected chi connectivity index (χ2v) is 7.28. The number of hydrogen-bond acceptors (Lipinski definition) is 6. The molecule has 1 aliphatic carbocycles. The number of nitrogens with two attached hydrogens (primary N) is 1. The number of morpholine rings is 1. The molecule has 1 aliphatic heterocycles. The zero-order valence-electron chi connectivity index (χ0n) is 13.4. The first kappa shape index (κ1) is 14.9. The van der Waals surface area contributed by atoms with E-state index in [4.69, 9.17) is 15.5 Å². The summed E-state index contributed by atoms with van der Waals surface area (Å²) in [7, 11) is 0. The van der Waals surface area contributed by atoms with Crippen molar-refractivity contribution in [3.63, 3.8) is 0 Å². The number of hydrogen-bond donors (Lipinski definition) is 1. The van der Waals surface area contributed by atoms with Crippen molar-refractivity contribution in [3.05, 3.63) is 16.0 Å². The van der Waals surface area contributed by atoms with Gasteiger partial charge in [0.2, 0.25) is 0 Å². The summed E-state index contributed by atoms with van der Waals surface area (Å²) in [5, 5.41) is 1.03. The van der Waals surface area contributed by atoms with Crippen LogP contribution in [-0.2, 0) is 17.6 Å². The standard InChI is InChI=1S/C17H21N3O2S/c1-10(21)15-14(18)13-11-4-2-3-5-12(11)16(19-17(13)23-15)20-6-8-22-9-7-20/h2-9,18H2,1H3. The molecule has 2 aromatic rings. The van der Waals surface area contributed by atoms with Crippen LogP contribution in [0.1, 0.15) is 40.6 Å². The van der Waals surface area contributed by atoms with Crippen LogP contribution in [0.3, 0.4) is 0 Å². The predicted octanol–water partition coefficient (Wildman–Crippen LogP) is 2.80. The number of ether oxygens (including phenoxy) is 1. The number of ketones is 1. The van der Waals surface area contributed by atoms with Crippen molar-refractivity contribution in [1.82, 2.24) is 4.98 Å². The van der Waals surface area contributed by atoms with Crippen LogP contribution in [-0.4, -0.2) is 37.1 Å². The number of carbonyl (C=O) groups is 1. The van der Waals surface area contributed by atoms with E-state index in [1.165, 1.54) is 35.3 Å². The number of pyridine rings is 1. The highest BCUT2D eigenvalue weighted by Gasteiger charge is 2.26. The van der Waals surface area contributed by atoms with Gasteiger partial charge in [-0.1, -0.05) is 0 Å². The molecule has 6 heteroatoms. The third-order valence-electron chi connectivity index (χ3n) is 4.80. The Kier molecular flexibility index (Phi) is 3.73. The van der Waals surface area contributed by atoms with Gasteiger partial charge in [-0.3, -0.25) is 4.79 Å². The number of nitrogen functional groups attached to an aromatic ring is 1. The lowest BCUT2D eigenvalue weighted by Crippen LogP contribution is -2.37. The second-order valence-electron chi connectivity index (χ2n) is 6.28. The smallest absolute Gasteiger partial charge is 0.171 e. The number of thiophene rings is 1. The van der Waals surface area contributed by atoms with Gasteiger partial charge in [-0.15, -0.1) is 11.3 Å². The first-order chi connectivity index (χ1) is 11.2. The number of anilines is 2. The zero-order chi connectivity index (χ0) is 16.0. The van der Waals surface area contributed by atoms with Gasteiger partial charge in [0, 0.05) is 25.4 Å². The first-order valence-corrected chi connectivity index (χ1v) is 9.06. The molecule has 0 saturated carbocycles. The molecule has 0 radical (unpaired) electrons. The van der Waals surface area contributed by atoms with Crippen molar-refractivity contribution in [2.45, 2.75) is 32.6 Å². The molecule has 122 valence electrons. The lowest BCUT2D eigenvalue weighted by molar-refractivity contribution is 0.102. The van der Waals surface area contributed by atoms with Crippen molar-refractivity contribution in [2.75, 3.05) is 36.9 Å². The van der Waals surface area contributed by atoms with Gasteiger partial charge < -0.3 is 15.4 Å². The van der Waals surface area contributed by atoms with Gasteiger partial charge in [-0.05, 0) is 36.8 Å². The van der Waals surface area contributed by atoms with Crippen molar-refractivity contribution < 1.29 is 9.53 Å². The Morgan fingerprint density at radius 2 is 1.91 bits per heavy atom. The van der Waals surface area contributed by atoms with Crippen molar-refractivity contribution >= 4 is 38.8 Å². The highest BCUT2D eigenvalue weighted by molar-refractivity contribution is 7.21. The molecule has 2 aliphatic rings. The van der Waals surface area contributed by atoms with Crippen LogP contribution in [0.4, 0.5) is 11.5 Å². The molecule has 0 bridgehead atoms. The molecule has 0 spiro atoms.